The molecule has 2 N–H and O–H groups in total. The third-order valence-corrected chi connectivity index (χ3v) is 1.93. The summed E-state index contributed by atoms with van der Waals surface area (Å²) < 4.78 is 10.8. The molecule has 0 rings (SSSR count). The Kier molecular flexibility index (Phi) is 13.1. The number of nitrogens with two attached hydrogens (primary N) is 1. The normalized spacial score (nSPS) is 10.5. The molecule has 4 heteroatoms. The van der Waals surface area contributed by atoms with Gasteiger partial charge in [0.2, 0.25) is 0 Å². The Balaban J connectivity index is 2.83. The second-order valence-corrected chi connectivity index (χ2v) is 3.37. The van der Waals surface area contributed by atoms with Gasteiger partial charge in [-0.15, -0.1) is 0 Å². The van der Waals surface area contributed by atoms with E-state index >= 15 is 0 Å². The summed E-state index contributed by atoms with van der Waals surface area (Å²) in [6, 6.07) is 0. The lowest BCUT2D eigenvalue weighted by atomic mass is 10.3. The van der Waals surface area contributed by atoms with Crippen molar-refractivity contribution in [2.45, 2.75) is 25.7 Å². The van der Waals surface area contributed by atoms with E-state index in [1.807, 2.05) is 0 Å². The van der Waals surface area contributed by atoms with E-state index in [4.69, 9.17) is 15.2 Å². The van der Waals surface area contributed by atoms with Crippen LogP contribution in [0.1, 0.15) is 25.7 Å². The molecule has 90 valence electrons. The van der Waals surface area contributed by atoms with Gasteiger partial charge in [0.25, 0.3) is 0 Å². The van der Waals surface area contributed by atoms with Crippen LogP contribution in [0.25, 0.3) is 0 Å². The van der Waals surface area contributed by atoms with Crippen LogP contribution < -0.4 is 5.73 Å². The molecule has 0 aromatic carbocycles. The number of hydrogen-bond donors (Lipinski definition) is 1. The van der Waals surface area contributed by atoms with E-state index in [9.17, 15) is 0 Å². The van der Waals surface area contributed by atoms with E-state index in [2.05, 4.69) is 11.7 Å². The molecule has 0 saturated heterocycles. The molecule has 0 amide bonds. The quantitative estimate of drug-likeness (QED) is 0.394. The highest BCUT2D eigenvalue weighted by Crippen LogP contribution is 1.93. The van der Waals surface area contributed by atoms with Gasteiger partial charge in [-0.25, -0.2) is 0 Å². The molecule has 0 unspecified atom stereocenters. The van der Waals surface area contributed by atoms with Crippen LogP contribution >= 0.6 is 0 Å². The first-order chi connectivity index (χ1) is 7.41. The highest BCUT2D eigenvalue weighted by atomic mass is 16.5. The molecule has 0 fully saturated rings. The summed E-state index contributed by atoms with van der Waals surface area (Å²) in [7, 11) is 0. The van der Waals surface area contributed by atoms with Gasteiger partial charge in [-0.1, -0.05) is 0 Å². The average Bonchev–Trinajstić information content (AvgIpc) is 2.26. The average molecular weight is 216 g/mol. The first-order valence-corrected chi connectivity index (χ1v) is 5.70. The minimum Gasteiger partial charge on any atom is -0.381 e. The minimum atomic E-state index is 0.709. The van der Waals surface area contributed by atoms with Crippen molar-refractivity contribution in [3.05, 3.63) is 0 Å². The number of aliphatic imine (C=N–C) groups is 1. The van der Waals surface area contributed by atoms with Gasteiger partial charge in [-0.3, -0.25) is 0 Å². The second kappa shape index (κ2) is 13.5. The smallest absolute Gasteiger partial charge is 0.0483 e. The molecule has 0 aromatic rings. The molecule has 0 aliphatic rings. The molecule has 15 heavy (non-hydrogen) atoms. The van der Waals surface area contributed by atoms with E-state index in [0.29, 0.717) is 6.54 Å². The Bertz CT molecular complexity index is 132. The molecular formula is C11H24N2O2. The first kappa shape index (κ1) is 14.6. The van der Waals surface area contributed by atoms with Crippen molar-refractivity contribution in [3.63, 3.8) is 0 Å². The van der Waals surface area contributed by atoms with Crippen LogP contribution in [0, 0.1) is 0 Å². The zero-order valence-electron chi connectivity index (χ0n) is 9.62. The molecule has 0 saturated carbocycles. The zero-order valence-corrected chi connectivity index (χ0v) is 9.62. The summed E-state index contributed by atoms with van der Waals surface area (Å²) in [5.74, 6) is 0. The van der Waals surface area contributed by atoms with Crippen molar-refractivity contribution in [2.24, 2.45) is 10.7 Å². The van der Waals surface area contributed by atoms with Gasteiger partial charge >= 0.3 is 0 Å². The van der Waals surface area contributed by atoms with E-state index in [1.165, 1.54) is 0 Å². The fourth-order valence-electron chi connectivity index (χ4n) is 1.08. The lowest BCUT2D eigenvalue weighted by Crippen LogP contribution is -2.06. The Morgan fingerprint density at radius 2 is 1.40 bits per heavy atom. The van der Waals surface area contributed by atoms with Crippen LogP contribution in [-0.2, 0) is 9.47 Å². The lowest BCUT2D eigenvalue weighted by molar-refractivity contribution is 0.102. The number of nitrogens with zero attached hydrogens (tertiary/aromatic N) is 1. The molecule has 0 radical (unpaired) electrons. The van der Waals surface area contributed by atoms with Gasteiger partial charge in [0.1, 0.15) is 0 Å². The van der Waals surface area contributed by atoms with Crippen molar-refractivity contribution in [3.8, 4) is 0 Å². The third-order valence-electron chi connectivity index (χ3n) is 1.93. The Labute approximate surface area is 92.9 Å². The maximum absolute atomic E-state index is 5.40. The number of hydrogen-bond acceptors (Lipinski definition) is 4. The summed E-state index contributed by atoms with van der Waals surface area (Å²) in [6.45, 7) is 8.11. The maximum Gasteiger partial charge on any atom is 0.0483 e. The van der Waals surface area contributed by atoms with Crippen LogP contribution in [0.2, 0.25) is 0 Å². The molecule has 4 nitrogen and oxygen atoms in total. The van der Waals surface area contributed by atoms with Gasteiger partial charge in [0.05, 0.1) is 0 Å². The summed E-state index contributed by atoms with van der Waals surface area (Å²) in [5, 5.41) is 0. The van der Waals surface area contributed by atoms with E-state index in [0.717, 1.165) is 58.7 Å². The molecular weight excluding hydrogens is 192 g/mol. The second-order valence-electron chi connectivity index (χ2n) is 3.37. The van der Waals surface area contributed by atoms with Crippen LogP contribution in [0.5, 0.6) is 0 Å². The van der Waals surface area contributed by atoms with Crippen LogP contribution in [0.3, 0.4) is 0 Å². The number of unbranched alkanes of at least 4 members (excludes halogenated alkanes) is 1. The maximum atomic E-state index is 5.40. The van der Waals surface area contributed by atoms with Gasteiger partial charge in [0.15, 0.2) is 0 Å². The Hall–Kier alpha value is -0.450. The van der Waals surface area contributed by atoms with Crippen molar-refractivity contribution >= 4 is 6.72 Å². The molecule has 0 bridgehead atoms. The molecule has 0 spiro atoms. The largest absolute Gasteiger partial charge is 0.381 e. The van der Waals surface area contributed by atoms with Crippen molar-refractivity contribution in [1.29, 1.82) is 0 Å². The standard InChI is InChI=1S/C11H24N2O2/c1-13-7-5-11-15-9-3-2-8-14-10-4-6-12/h1-12H2. The predicted molar refractivity (Wildman–Crippen MR) is 63.6 cm³/mol. The summed E-state index contributed by atoms with van der Waals surface area (Å²) in [4.78, 5) is 3.75. The molecule has 0 aliphatic heterocycles. The molecule has 0 atom stereocenters. The van der Waals surface area contributed by atoms with Gasteiger partial charge < -0.3 is 20.2 Å². The Morgan fingerprint density at radius 3 is 1.93 bits per heavy atom. The zero-order chi connectivity index (χ0) is 11.2. The predicted octanol–water partition coefficient (Wildman–Crippen LogP) is 1.24. The lowest BCUT2D eigenvalue weighted by Gasteiger charge is -2.04. The van der Waals surface area contributed by atoms with Crippen LogP contribution in [0.4, 0.5) is 0 Å². The van der Waals surface area contributed by atoms with Gasteiger partial charge in [-0.05, 0) is 38.9 Å². The van der Waals surface area contributed by atoms with Crippen molar-refractivity contribution in [1.82, 2.24) is 0 Å². The van der Waals surface area contributed by atoms with Crippen LogP contribution in [-0.4, -0.2) is 46.2 Å². The summed E-state index contributed by atoms with van der Waals surface area (Å²) >= 11 is 0. The fourth-order valence-corrected chi connectivity index (χ4v) is 1.08. The highest BCUT2D eigenvalue weighted by molar-refractivity contribution is 5.22. The number of ether oxygens (including phenoxy) is 2. The first-order valence-electron chi connectivity index (χ1n) is 5.70. The summed E-state index contributed by atoms with van der Waals surface area (Å²) in [5.41, 5.74) is 5.34. The van der Waals surface area contributed by atoms with Crippen molar-refractivity contribution < 1.29 is 9.47 Å². The van der Waals surface area contributed by atoms with Crippen LogP contribution in [0.15, 0.2) is 4.99 Å². The fraction of sp³-hybridized carbons (Fsp3) is 0.909. The van der Waals surface area contributed by atoms with Gasteiger partial charge in [-0.2, -0.15) is 0 Å². The van der Waals surface area contributed by atoms with E-state index < -0.39 is 0 Å². The molecule has 0 heterocycles. The van der Waals surface area contributed by atoms with E-state index in [1.54, 1.807) is 0 Å². The van der Waals surface area contributed by atoms with Crippen molar-refractivity contribution in [2.75, 3.05) is 39.5 Å². The van der Waals surface area contributed by atoms with E-state index in [-0.39, 0.29) is 0 Å². The topological polar surface area (TPSA) is 56.8 Å². The molecule has 0 aliphatic carbocycles. The number of rotatable bonds is 12. The third kappa shape index (κ3) is 13.6. The Morgan fingerprint density at radius 1 is 0.867 bits per heavy atom. The minimum absolute atomic E-state index is 0.709. The highest BCUT2D eigenvalue weighted by Gasteiger charge is 1.91. The summed E-state index contributed by atoms with van der Waals surface area (Å²) in [6.07, 6.45) is 4.04. The monoisotopic (exact) mass is 216 g/mol. The molecule has 0 aromatic heterocycles. The van der Waals surface area contributed by atoms with Gasteiger partial charge in [0, 0.05) is 33.0 Å². The SMILES string of the molecule is C=NCCCOCCCCOCCCN.